The predicted molar refractivity (Wildman–Crippen MR) is 115 cm³/mol. The lowest BCUT2D eigenvalue weighted by Gasteiger charge is -2.30. The summed E-state index contributed by atoms with van der Waals surface area (Å²) in [6.45, 7) is 2.13. The van der Waals surface area contributed by atoms with Crippen LogP contribution in [0.3, 0.4) is 0 Å². The monoisotopic (exact) mass is 456 g/mol. The van der Waals surface area contributed by atoms with Gasteiger partial charge in [0, 0.05) is 31.3 Å². The number of hydrogen-bond acceptors (Lipinski definition) is 4. The Morgan fingerprint density at radius 3 is 2.58 bits per heavy atom. The van der Waals surface area contributed by atoms with Crippen molar-refractivity contribution >= 4 is 23.5 Å². The number of benzene rings is 2. The highest BCUT2D eigenvalue weighted by molar-refractivity contribution is 6.11. The number of carbonyl (C=O) groups is 3. The number of urea groups is 1. The van der Waals surface area contributed by atoms with Gasteiger partial charge >= 0.3 is 6.03 Å². The summed E-state index contributed by atoms with van der Waals surface area (Å²) < 4.78 is 32.9. The fraction of sp³-hybridized carbons (Fsp3) is 0.348. The first kappa shape index (κ1) is 21.3. The zero-order chi connectivity index (χ0) is 23.1. The second kappa shape index (κ2) is 8.43. The van der Waals surface area contributed by atoms with Crippen molar-refractivity contribution in [3.8, 4) is 11.1 Å². The molecule has 0 radical (unpaired) electrons. The van der Waals surface area contributed by atoms with Crippen LogP contribution in [0.5, 0.6) is 0 Å². The highest BCUT2D eigenvalue weighted by atomic mass is 19.1. The first-order chi connectivity index (χ1) is 15.9. The number of rotatable bonds is 2. The summed E-state index contributed by atoms with van der Waals surface area (Å²) in [4.78, 5) is 42.1. The predicted octanol–water partition coefficient (Wildman–Crippen LogP) is 2.21. The van der Waals surface area contributed by atoms with Crippen molar-refractivity contribution in [1.82, 2.24) is 15.1 Å². The average Bonchev–Trinajstić information content (AvgIpc) is 3.19. The maximum Gasteiger partial charge on any atom is 0.317 e. The Labute approximate surface area is 188 Å². The summed E-state index contributed by atoms with van der Waals surface area (Å²) in [5, 5.41) is 5.66. The van der Waals surface area contributed by atoms with Crippen LogP contribution in [-0.2, 0) is 9.53 Å². The molecule has 4 amide bonds. The Balaban J connectivity index is 1.41. The van der Waals surface area contributed by atoms with Crippen molar-refractivity contribution in [2.45, 2.75) is 18.5 Å². The van der Waals surface area contributed by atoms with Crippen molar-refractivity contribution in [3.05, 3.63) is 53.6 Å². The molecule has 33 heavy (non-hydrogen) atoms. The quantitative estimate of drug-likeness (QED) is 0.725. The van der Waals surface area contributed by atoms with E-state index in [1.807, 2.05) is 0 Å². The zero-order valence-electron chi connectivity index (χ0n) is 17.6. The van der Waals surface area contributed by atoms with Crippen LogP contribution in [0.4, 0.5) is 19.3 Å². The van der Waals surface area contributed by atoms with E-state index in [0.29, 0.717) is 50.5 Å². The summed E-state index contributed by atoms with van der Waals surface area (Å²) in [5.74, 6) is -2.22. The first-order valence-corrected chi connectivity index (χ1v) is 10.8. The summed E-state index contributed by atoms with van der Waals surface area (Å²) >= 11 is 0. The van der Waals surface area contributed by atoms with Gasteiger partial charge in [0.25, 0.3) is 5.91 Å². The molecule has 0 saturated carbocycles. The lowest BCUT2D eigenvalue weighted by Crippen LogP contribution is -2.55. The van der Waals surface area contributed by atoms with E-state index in [1.165, 1.54) is 23.1 Å². The summed E-state index contributed by atoms with van der Waals surface area (Å²) in [6.07, 6.45) is 0.432. The van der Waals surface area contributed by atoms with Gasteiger partial charge in [-0.15, -0.1) is 0 Å². The molecule has 8 nitrogen and oxygen atoms in total. The molecule has 5 rings (SSSR count). The second-order valence-electron chi connectivity index (χ2n) is 8.26. The number of anilines is 1. The van der Waals surface area contributed by atoms with Gasteiger partial charge in [0.15, 0.2) is 0 Å². The fourth-order valence-electron chi connectivity index (χ4n) is 4.59. The number of morpholine rings is 1. The van der Waals surface area contributed by atoms with E-state index < -0.39 is 29.6 Å². The van der Waals surface area contributed by atoms with Crippen LogP contribution in [0.25, 0.3) is 11.1 Å². The van der Waals surface area contributed by atoms with Crippen molar-refractivity contribution in [3.63, 3.8) is 0 Å². The molecular formula is C23H22F2N4O4. The number of halogens is 2. The van der Waals surface area contributed by atoms with Gasteiger partial charge in [-0.2, -0.15) is 0 Å². The molecule has 3 aliphatic rings. The molecule has 2 fully saturated rings. The van der Waals surface area contributed by atoms with Crippen LogP contribution < -0.4 is 10.6 Å². The molecule has 172 valence electrons. The topological polar surface area (TPSA) is 91.0 Å². The smallest absolute Gasteiger partial charge is 0.317 e. The number of nitrogens with zero attached hydrogens (tertiary/aromatic N) is 2. The van der Waals surface area contributed by atoms with Gasteiger partial charge in [0.1, 0.15) is 17.7 Å². The van der Waals surface area contributed by atoms with Crippen LogP contribution in [0.1, 0.15) is 16.8 Å². The molecule has 0 bridgehead atoms. The Kier molecular flexibility index (Phi) is 5.45. The molecule has 3 heterocycles. The van der Waals surface area contributed by atoms with Crippen molar-refractivity contribution in [2.24, 2.45) is 0 Å². The number of hydrogen-bond donors (Lipinski definition) is 2. The zero-order valence-corrected chi connectivity index (χ0v) is 17.6. The van der Waals surface area contributed by atoms with E-state index >= 15 is 0 Å². The highest BCUT2D eigenvalue weighted by Gasteiger charge is 2.45. The molecule has 2 unspecified atom stereocenters. The van der Waals surface area contributed by atoms with Gasteiger partial charge in [-0.3, -0.25) is 9.59 Å². The minimum atomic E-state index is -0.860. The molecule has 2 aromatic carbocycles. The minimum Gasteiger partial charge on any atom is -0.378 e. The van der Waals surface area contributed by atoms with E-state index in [2.05, 4.69) is 10.6 Å². The highest BCUT2D eigenvalue weighted by Crippen LogP contribution is 2.33. The van der Waals surface area contributed by atoms with Gasteiger partial charge in [0.2, 0.25) is 5.91 Å². The Bertz CT molecular complexity index is 1140. The van der Waals surface area contributed by atoms with Crippen LogP contribution >= 0.6 is 0 Å². The third-order valence-electron chi connectivity index (χ3n) is 6.28. The molecule has 10 heteroatoms. The number of fused-ring (bicyclic) bond motifs is 2. The van der Waals surface area contributed by atoms with Gasteiger partial charge in [0.05, 0.1) is 30.5 Å². The van der Waals surface area contributed by atoms with Crippen LogP contribution in [0.2, 0.25) is 0 Å². The van der Waals surface area contributed by atoms with Crippen molar-refractivity contribution < 1.29 is 27.9 Å². The normalized spacial score (nSPS) is 22.4. The molecule has 2 atom stereocenters. The van der Waals surface area contributed by atoms with Crippen LogP contribution in [0.15, 0.2) is 36.4 Å². The van der Waals surface area contributed by atoms with E-state index in [9.17, 15) is 23.2 Å². The van der Waals surface area contributed by atoms with Crippen molar-refractivity contribution in [1.29, 1.82) is 0 Å². The SMILES string of the molecule is O=C1Nc2ccc(-c3ccc(F)cc3F)cc2C(=O)N2CCC(NC(=O)N3CCOCC3)C12. The minimum absolute atomic E-state index is 0.149. The Hall–Kier alpha value is -3.53. The second-order valence-corrected chi connectivity index (χ2v) is 8.26. The van der Waals surface area contributed by atoms with Crippen LogP contribution in [-0.4, -0.2) is 72.6 Å². The lowest BCUT2D eigenvalue weighted by molar-refractivity contribution is -0.120. The Morgan fingerprint density at radius 2 is 1.82 bits per heavy atom. The third kappa shape index (κ3) is 3.91. The molecule has 3 aliphatic heterocycles. The van der Waals surface area contributed by atoms with E-state index in [1.54, 1.807) is 11.0 Å². The van der Waals surface area contributed by atoms with Crippen molar-refractivity contribution in [2.75, 3.05) is 38.2 Å². The van der Waals surface area contributed by atoms with Crippen LogP contribution in [0, 0.1) is 11.6 Å². The molecule has 2 N–H and O–H groups in total. The molecule has 0 spiro atoms. The number of amides is 4. The van der Waals surface area contributed by atoms with Gasteiger partial charge < -0.3 is 25.2 Å². The molecule has 2 aromatic rings. The average molecular weight is 456 g/mol. The largest absolute Gasteiger partial charge is 0.378 e. The van der Waals surface area contributed by atoms with Gasteiger partial charge in [-0.25, -0.2) is 13.6 Å². The number of nitrogens with one attached hydrogen (secondary N) is 2. The number of ether oxygens (including phenoxy) is 1. The fourth-order valence-corrected chi connectivity index (χ4v) is 4.59. The molecule has 2 saturated heterocycles. The third-order valence-corrected chi connectivity index (χ3v) is 6.28. The summed E-state index contributed by atoms with van der Waals surface area (Å²) in [7, 11) is 0. The molecular weight excluding hydrogens is 434 g/mol. The summed E-state index contributed by atoms with van der Waals surface area (Å²) in [6, 6.07) is 6.14. The maximum atomic E-state index is 14.3. The standard InChI is InChI=1S/C23H22F2N4O4/c24-14-2-3-15(17(25)12-14)13-1-4-18-16(11-13)22(31)29-6-5-19(20(29)21(30)26-18)27-23(32)28-7-9-33-10-8-28/h1-4,11-12,19-20H,5-10H2,(H,26,30)(H,27,32). The maximum absolute atomic E-state index is 14.3. The number of carbonyl (C=O) groups excluding carboxylic acids is 3. The van der Waals surface area contributed by atoms with E-state index in [-0.39, 0.29) is 23.1 Å². The lowest BCUT2D eigenvalue weighted by atomic mass is 10.0. The Morgan fingerprint density at radius 1 is 1.03 bits per heavy atom. The van der Waals surface area contributed by atoms with E-state index in [4.69, 9.17) is 4.74 Å². The first-order valence-electron chi connectivity index (χ1n) is 10.8. The summed E-state index contributed by atoms with van der Waals surface area (Å²) in [5.41, 5.74) is 1.07. The van der Waals surface area contributed by atoms with Gasteiger partial charge in [-0.05, 0) is 36.2 Å². The van der Waals surface area contributed by atoms with Gasteiger partial charge in [-0.1, -0.05) is 6.07 Å². The molecule has 0 aromatic heterocycles. The molecule has 0 aliphatic carbocycles. The van der Waals surface area contributed by atoms with E-state index in [0.717, 1.165) is 12.1 Å².